The molecule has 1 aromatic carbocycles. The molecule has 2 aliphatic heterocycles. The molecule has 1 amide bonds. The van der Waals surface area contributed by atoms with Crippen molar-refractivity contribution in [3.8, 4) is 0 Å². The van der Waals surface area contributed by atoms with E-state index in [9.17, 15) is 9.59 Å². The van der Waals surface area contributed by atoms with Gasteiger partial charge in [0.25, 0.3) is 0 Å². The lowest BCUT2D eigenvalue weighted by Crippen LogP contribution is -2.44. The van der Waals surface area contributed by atoms with E-state index >= 15 is 0 Å². The quantitative estimate of drug-likeness (QED) is 0.758. The number of benzene rings is 1. The SMILES string of the molecule is CCOC(=O)[C@]12CCN(Cc3ccccc3)[C@H]1CN(C(=O)OC(C)(C)C)C2. The Kier molecular flexibility index (Phi) is 5.47. The number of likely N-dealkylation sites (tertiary alicyclic amines) is 2. The number of ether oxygens (including phenoxy) is 2. The normalized spacial score (nSPS) is 25.3. The van der Waals surface area contributed by atoms with Gasteiger partial charge in [0.1, 0.15) is 11.0 Å². The van der Waals surface area contributed by atoms with E-state index < -0.39 is 11.0 Å². The second kappa shape index (κ2) is 7.50. The fraction of sp³-hybridized carbons (Fsp3) is 0.619. The average Bonchev–Trinajstić information content (AvgIpc) is 3.13. The molecule has 0 radical (unpaired) electrons. The summed E-state index contributed by atoms with van der Waals surface area (Å²) in [5.41, 5.74) is -0.0232. The molecular formula is C21H30N2O4. The predicted molar refractivity (Wildman–Crippen MR) is 102 cm³/mol. The highest BCUT2D eigenvalue weighted by Crippen LogP contribution is 2.45. The number of amides is 1. The highest BCUT2D eigenvalue weighted by atomic mass is 16.6. The molecule has 0 unspecified atom stereocenters. The maximum Gasteiger partial charge on any atom is 0.410 e. The summed E-state index contributed by atoms with van der Waals surface area (Å²) in [5, 5.41) is 0. The van der Waals surface area contributed by atoms with E-state index in [4.69, 9.17) is 9.47 Å². The topological polar surface area (TPSA) is 59.1 Å². The van der Waals surface area contributed by atoms with Gasteiger partial charge in [-0.25, -0.2) is 4.79 Å². The van der Waals surface area contributed by atoms with Gasteiger partial charge in [0.05, 0.1) is 6.61 Å². The number of rotatable bonds is 4. The first-order valence-electron chi connectivity index (χ1n) is 9.68. The van der Waals surface area contributed by atoms with Crippen LogP contribution in [0.2, 0.25) is 0 Å². The van der Waals surface area contributed by atoms with Crippen LogP contribution in [0.3, 0.4) is 0 Å². The van der Waals surface area contributed by atoms with E-state index in [1.54, 1.807) is 4.90 Å². The molecule has 2 saturated heterocycles. The minimum atomic E-state index is -0.665. The summed E-state index contributed by atoms with van der Waals surface area (Å²) in [6, 6.07) is 10.2. The van der Waals surface area contributed by atoms with Crippen LogP contribution in [-0.4, -0.2) is 59.7 Å². The molecule has 3 rings (SSSR count). The van der Waals surface area contributed by atoms with Crippen LogP contribution in [0.4, 0.5) is 4.79 Å². The van der Waals surface area contributed by atoms with Crippen molar-refractivity contribution >= 4 is 12.1 Å². The van der Waals surface area contributed by atoms with Gasteiger partial charge >= 0.3 is 12.1 Å². The molecule has 0 spiro atoms. The van der Waals surface area contributed by atoms with Gasteiger partial charge in [-0.15, -0.1) is 0 Å². The first-order valence-corrected chi connectivity index (χ1v) is 9.68. The third-order valence-corrected chi connectivity index (χ3v) is 5.35. The third kappa shape index (κ3) is 4.10. The van der Waals surface area contributed by atoms with Crippen LogP contribution in [-0.2, 0) is 20.8 Å². The number of nitrogens with zero attached hydrogens (tertiary/aromatic N) is 2. The van der Waals surface area contributed by atoms with Crippen LogP contribution >= 0.6 is 0 Å². The number of hydrogen-bond acceptors (Lipinski definition) is 5. The predicted octanol–water partition coefficient (Wildman–Crippen LogP) is 3.06. The summed E-state index contributed by atoms with van der Waals surface area (Å²) in [6.07, 6.45) is 0.336. The molecule has 27 heavy (non-hydrogen) atoms. The lowest BCUT2D eigenvalue weighted by molar-refractivity contribution is -0.155. The molecule has 2 fully saturated rings. The van der Waals surface area contributed by atoms with Crippen molar-refractivity contribution in [2.75, 3.05) is 26.2 Å². The Balaban J connectivity index is 1.81. The van der Waals surface area contributed by atoms with Crippen molar-refractivity contribution in [2.24, 2.45) is 5.41 Å². The van der Waals surface area contributed by atoms with E-state index in [-0.39, 0.29) is 18.1 Å². The van der Waals surface area contributed by atoms with Gasteiger partial charge < -0.3 is 14.4 Å². The average molecular weight is 374 g/mol. The monoisotopic (exact) mass is 374 g/mol. The number of fused-ring (bicyclic) bond motifs is 1. The maximum absolute atomic E-state index is 12.9. The molecule has 0 bridgehead atoms. The molecule has 6 nitrogen and oxygen atoms in total. The molecule has 0 N–H and O–H groups in total. The Labute approximate surface area is 161 Å². The van der Waals surface area contributed by atoms with Crippen LogP contribution in [0.5, 0.6) is 0 Å². The maximum atomic E-state index is 12.9. The number of hydrogen-bond donors (Lipinski definition) is 0. The van der Waals surface area contributed by atoms with E-state index in [1.165, 1.54) is 5.56 Å². The van der Waals surface area contributed by atoms with E-state index in [1.807, 2.05) is 45.9 Å². The van der Waals surface area contributed by atoms with E-state index in [0.717, 1.165) is 13.1 Å². The van der Waals surface area contributed by atoms with Crippen LogP contribution in [0.1, 0.15) is 39.7 Å². The van der Waals surface area contributed by atoms with Crippen molar-refractivity contribution < 1.29 is 19.1 Å². The summed E-state index contributed by atoms with van der Waals surface area (Å²) in [6.45, 7) is 10.1. The lowest BCUT2D eigenvalue weighted by Gasteiger charge is -2.28. The second-order valence-electron chi connectivity index (χ2n) is 8.46. The summed E-state index contributed by atoms with van der Waals surface area (Å²) in [4.78, 5) is 29.5. The van der Waals surface area contributed by atoms with Crippen LogP contribution in [0.25, 0.3) is 0 Å². The van der Waals surface area contributed by atoms with Crippen molar-refractivity contribution in [1.82, 2.24) is 9.80 Å². The third-order valence-electron chi connectivity index (χ3n) is 5.35. The standard InChI is InChI=1S/C21H30N2O4/c1-5-26-18(24)21-11-12-22(13-16-9-7-6-8-10-16)17(21)14-23(15-21)19(25)27-20(2,3)4/h6-10,17H,5,11-15H2,1-4H3/t17-,21-/m0/s1. The summed E-state index contributed by atoms with van der Waals surface area (Å²) < 4.78 is 11.0. The van der Waals surface area contributed by atoms with E-state index in [2.05, 4.69) is 17.0 Å². The molecule has 0 aromatic heterocycles. The van der Waals surface area contributed by atoms with Gasteiger partial charge in [0.15, 0.2) is 0 Å². The fourth-order valence-corrected chi connectivity index (χ4v) is 4.15. The Hall–Kier alpha value is -2.08. The Morgan fingerprint density at radius 3 is 2.56 bits per heavy atom. The minimum absolute atomic E-state index is 0.0516. The first kappa shape index (κ1) is 19.7. The molecule has 2 aliphatic rings. The van der Waals surface area contributed by atoms with Crippen LogP contribution in [0.15, 0.2) is 30.3 Å². The van der Waals surface area contributed by atoms with Gasteiger partial charge in [-0.2, -0.15) is 0 Å². The molecule has 1 aromatic rings. The van der Waals surface area contributed by atoms with Crippen molar-refractivity contribution in [2.45, 2.75) is 52.3 Å². The Morgan fingerprint density at radius 1 is 1.22 bits per heavy atom. The molecule has 2 heterocycles. The molecule has 0 aliphatic carbocycles. The number of carbonyl (C=O) groups is 2. The van der Waals surface area contributed by atoms with Crippen molar-refractivity contribution in [1.29, 1.82) is 0 Å². The van der Waals surface area contributed by atoms with Crippen LogP contribution < -0.4 is 0 Å². The van der Waals surface area contributed by atoms with Gasteiger partial charge in [-0.05, 0) is 39.7 Å². The van der Waals surface area contributed by atoms with Crippen molar-refractivity contribution in [3.63, 3.8) is 0 Å². The number of esters is 1. The summed E-state index contributed by atoms with van der Waals surface area (Å²) in [7, 11) is 0. The second-order valence-corrected chi connectivity index (χ2v) is 8.46. The first-order chi connectivity index (χ1) is 12.7. The van der Waals surface area contributed by atoms with E-state index in [0.29, 0.717) is 26.1 Å². The molecular weight excluding hydrogens is 344 g/mol. The molecule has 148 valence electrons. The van der Waals surface area contributed by atoms with Gasteiger partial charge in [0.2, 0.25) is 0 Å². The smallest absolute Gasteiger partial charge is 0.410 e. The molecule has 2 atom stereocenters. The van der Waals surface area contributed by atoms with Gasteiger partial charge in [-0.1, -0.05) is 30.3 Å². The zero-order valence-corrected chi connectivity index (χ0v) is 16.7. The Morgan fingerprint density at radius 2 is 1.93 bits per heavy atom. The highest BCUT2D eigenvalue weighted by molar-refractivity contribution is 5.81. The largest absolute Gasteiger partial charge is 0.465 e. The van der Waals surface area contributed by atoms with Crippen molar-refractivity contribution in [3.05, 3.63) is 35.9 Å². The molecule has 0 saturated carbocycles. The molecule has 6 heteroatoms. The number of carbonyl (C=O) groups excluding carboxylic acids is 2. The van der Waals surface area contributed by atoms with Crippen LogP contribution in [0, 0.1) is 5.41 Å². The zero-order chi connectivity index (χ0) is 19.7. The summed E-state index contributed by atoms with van der Waals surface area (Å²) in [5.74, 6) is -0.198. The minimum Gasteiger partial charge on any atom is -0.465 e. The Bertz CT molecular complexity index is 685. The zero-order valence-electron chi connectivity index (χ0n) is 16.7. The lowest BCUT2D eigenvalue weighted by atomic mass is 9.83. The highest BCUT2D eigenvalue weighted by Gasteiger charge is 2.60. The fourth-order valence-electron chi connectivity index (χ4n) is 4.15. The van der Waals surface area contributed by atoms with Gasteiger partial charge in [-0.3, -0.25) is 9.69 Å². The summed E-state index contributed by atoms with van der Waals surface area (Å²) >= 11 is 0. The van der Waals surface area contributed by atoms with Gasteiger partial charge in [0, 0.05) is 32.2 Å².